The molecular formula is C21H21ClN4O. The van der Waals surface area contributed by atoms with Crippen LogP contribution in [0, 0.1) is 6.92 Å². The van der Waals surface area contributed by atoms with Crippen molar-refractivity contribution in [2.75, 3.05) is 17.2 Å². The lowest BCUT2D eigenvalue weighted by atomic mass is 10.1. The zero-order valence-electron chi connectivity index (χ0n) is 15.1. The lowest BCUT2D eigenvalue weighted by Gasteiger charge is -2.08. The minimum Gasteiger partial charge on any atom is -0.369 e. The summed E-state index contributed by atoms with van der Waals surface area (Å²) in [5.41, 5.74) is 3.15. The van der Waals surface area contributed by atoms with E-state index in [2.05, 4.69) is 32.7 Å². The first-order valence-electron chi connectivity index (χ1n) is 8.79. The van der Waals surface area contributed by atoms with E-state index in [9.17, 15) is 4.79 Å². The Morgan fingerprint density at radius 2 is 1.89 bits per heavy atom. The third-order valence-electron chi connectivity index (χ3n) is 4.11. The predicted octanol–water partition coefficient (Wildman–Crippen LogP) is 4.74. The monoisotopic (exact) mass is 380 g/mol. The van der Waals surface area contributed by atoms with Gasteiger partial charge in [-0.2, -0.15) is 0 Å². The summed E-state index contributed by atoms with van der Waals surface area (Å²) in [6, 6.07) is 15.7. The van der Waals surface area contributed by atoms with Crippen LogP contribution < -0.4 is 10.6 Å². The first-order chi connectivity index (χ1) is 13.1. The van der Waals surface area contributed by atoms with Gasteiger partial charge in [0.15, 0.2) is 0 Å². The second-order valence-electron chi connectivity index (χ2n) is 6.22. The van der Waals surface area contributed by atoms with Gasteiger partial charge in [-0.25, -0.2) is 9.97 Å². The Morgan fingerprint density at radius 1 is 1.07 bits per heavy atom. The van der Waals surface area contributed by atoms with Crippen molar-refractivity contribution in [3.05, 3.63) is 82.8 Å². The van der Waals surface area contributed by atoms with Gasteiger partial charge in [-0.15, -0.1) is 0 Å². The third kappa shape index (κ3) is 5.53. The van der Waals surface area contributed by atoms with E-state index in [0.717, 1.165) is 24.9 Å². The van der Waals surface area contributed by atoms with Crippen LogP contribution in [0.3, 0.4) is 0 Å². The summed E-state index contributed by atoms with van der Waals surface area (Å²) in [4.78, 5) is 20.7. The lowest BCUT2D eigenvalue weighted by molar-refractivity contribution is 0.102. The Kier molecular flexibility index (Phi) is 6.39. The number of carbonyl (C=O) groups excluding carboxylic acids is 1. The average Bonchev–Trinajstić information content (AvgIpc) is 2.69. The van der Waals surface area contributed by atoms with E-state index >= 15 is 0 Å². The molecule has 5 nitrogen and oxygen atoms in total. The van der Waals surface area contributed by atoms with Crippen molar-refractivity contribution in [3.63, 3.8) is 0 Å². The number of carbonyl (C=O) groups is 1. The normalized spacial score (nSPS) is 10.4. The first kappa shape index (κ1) is 18.9. The fourth-order valence-corrected chi connectivity index (χ4v) is 2.74. The maximum atomic E-state index is 12.3. The molecule has 1 aromatic heterocycles. The molecule has 6 heteroatoms. The number of aromatic nitrogens is 2. The van der Waals surface area contributed by atoms with Crippen LogP contribution in [0.15, 0.2) is 60.9 Å². The van der Waals surface area contributed by atoms with Gasteiger partial charge in [0.2, 0.25) is 0 Å². The number of halogens is 1. The smallest absolute Gasteiger partial charge is 0.275 e. The quantitative estimate of drug-likeness (QED) is 0.581. The van der Waals surface area contributed by atoms with Crippen molar-refractivity contribution in [2.24, 2.45) is 0 Å². The molecule has 0 fully saturated rings. The molecule has 0 aliphatic heterocycles. The molecule has 0 aliphatic carbocycles. The molecule has 0 aliphatic rings. The van der Waals surface area contributed by atoms with Gasteiger partial charge in [-0.05, 0) is 43.0 Å². The predicted molar refractivity (Wildman–Crippen MR) is 109 cm³/mol. The summed E-state index contributed by atoms with van der Waals surface area (Å²) in [7, 11) is 0. The Labute approximate surface area is 163 Å². The molecule has 0 saturated carbocycles. The van der Waals surface area contributed by atoms with E-state index < -0.39 is 0 Å². The molecule has 2 aromatic carbocycles. The number of rotatable bonds is 7. The van der Waals surface area contributed by atoms with E-state index in [0.29, 0.717) is 16.5 Å². The number of nitrogens with zero attached hydrogens (tertiary/aromatic N) is 2. The number of hydrogen-bond donors (Lipinski definition) is 2. The van der Waals surface area contributed by atoms with Gasteiger partial charge in [0.05, 0.1) is 12.4 Å². The number of hydrogen-bond acceptors (Lipinski definition) is 4. The highest BCUT2D eigenvalue weighted by molar-refractivity contribution is 6.31. The van der Waals surface area contributed by atoms with E-state index in [1.807, 2.05) is 31.2 Å². The highest BCUT2D eigenvalue weighted by Gasteiger charge is 2.09. The average molecular weight is 381 g/mol. The van der Waals surface area contributed by atoms with Crippen LogP contribution in [0.2, 0.25) is 5.02 Å². The van der Waals surface area contributed by atoms with Crippen molar-refractivity contribution < 1.29 is 4.79 Å². The van der Waals surface area contributed by atoms with Crippen LogP contribution in [-0.4, -0.2) is 22.4 Å². The number of amides is 1. The number of aryl methyl sites for hydroxylation is 2. The molecule has 27 heavy (non-hydrogen) atoms. The van der Waals surface area contributed by atoms with Gasteiger partial charge in [0.25, 0.3) is 5.91 Å². The Hall–Kier alpha value is -2.92. The molecule has 2 N–H and O–H groups in total. The molecule has 0 bridgehead atoms. The first-order valence-corrected chi connectivity index (χ1v) is 9.17. The summed E-state index contributed by atoms with van der Waals surface area (Å²) in [5.74, 6) is 0.330. The molecular weight excluding hydrogens is 360 g/mol. The highest BCUT2D eigenvalue weighted by atomic mass is 35.5. The summed E-state index contributed by atoms with van der Waals surface area (Å²) in [6.07, 6.45) is 5.02. The third-order valence-corrected chi connectivity index (χ3v) is 4.51. The van der Waals surface area contributed by atoms with Crippen molar-refractivity contribution in [3.8, 4) is 0 Å². The van der Waals surface area contributed by atoms with E-state index in [4.69, 9.17) is 11.6 Å². The van der Waals surface area contributed by atoms with Gasteiger partial charge in [-0.1, -0.05) is 48.0 Å². The fourth-order valence-electron chi connectivity index (χ4n) is 2.56. The molecule has 1 heterocycles. The molecule has 3 aromatic rings. The molecule has 0 unspecified atom stereocenters. The molecule has 0 spiro atoms. The zero-order chi connectivity index (χ0) is 19.1. The molecule has 138 valence electrons. The molecule has 1 amide bonds. The highest BCUT2D eigenvalue weighted by Crippen LogP contribution is 2.20. The second-order valence-corrected chi connectivity index (χ2v) is 6.63. The van der Waals surface area contributed by atoms with Crippen LogP contribution >= 0.6 is 11.6 Å². The van der Waals surface area contributed by atoms with E-state index in [-0.39, 0.29) is 11.6 Å². The minimum absolute atomic E-state index is 0.251. The van der Waals surface area contributed by atoms with Gasteiger partial charge >= 0.3 is 0 Å². The zero-order valence-corrected chi connectivity index (χ0v) is 15.8. The second kappa shape index (κ2) is 9.14. The Bertz CT molecular complexity index is 898. The molecule has 0 atom stereocenters. The van der Waals surface area contributed by atoms with Crippen LogP contribution in [0.4, 0.5) is 11.5 Å². The largest absolute Gasteiger partial charge is 0.369 e. The van der Waals surface area contributed by atoms with Gasteiger partial charge < -0.3 is 10.6 Å². The van der Waals surface area contributed by atoms with Crippen LogP contribution in [-0.2, 0) is 6.42 Å². The minimum atomic E-state index is -0.321. The standard InChI is InChI=1S/C21H21ClN4O/c1-15-9-10-17(12-18(15)22)26-21(27)19-13-25-20(14-24-19)23-11-5-8-16-6-3-2-4-7-16/h2-4,6-7,9-10,12-14H,5,8,11H2,1H3,(H,23,25)(H,26,27). The fraction of sp³-hybridized carbons (Fsp3) is 0.190. The summed E-state index contributed by atoms with van der Waals surface area (Å²) in [6.45, 7) is 2.70. The number of benzene rings is 2. The van der Waals surface area contributed by atoms with E-state index in [1.54, 1.807) is 18.3 Å². The molecule has 3 rings (SSSR count). The Balaban J connectivity index is 1.49. The lowest BCUT2D eigenvalue weighted by Crippen LogP contribution is -2.14. The summed E-state index contributed by atoms with van der Waals surface area (Å²) in [5, 5.41) is 6.60. The van der Waals surface area contributed by atoms with Gasteiger partial charge in [0, 0.05) is 17.3 Å². The van der Waals surface area contributed by atoms with Crippen LogP contribution in [0.5, 0.6) is 0 Å². The maximum absolute atomic E-state index is 12.3. The van der Waals surface area contributed by atoms with Gasteiger partial charge in [-0.3, -0.25) is 4.79 Å². The molecule has 0 saturated heterocycles. The Morgan fingerprint density at radius 3 is 2.59 bits per heavy atom. The summed E-state index contributed by atoms with van der Waals surface area (Å²) < 4.78 is 0. The maximum Gasteiger partial charge on any atom is 0.275 e. The van der Waals surface area contributed by atoms with Crippen molar-refractivity contribution in [1.82, 2.24) is 9.97 Å². The van der Waals surface area contributed by atoms with Gasteiger partial charge in [0.1, 0.15) is 11.5 Å². The number of anilines is 2. The SMILES string of the molecule is Cc1ccc(NC(=O)c2cnc(NCCCc3ccccc3)cn2)cc1Cl. The van der Waals surface area contributed by atoms with Crippen LogP contribution in [0.25, 0.3) is 0 Å². The summed E-state index contributed by atoms with van der Waals surface area (Å²) >= 11 is 6.08. The van der Waals surface area contributed by atoms with E-state index in [1.165, 1.54) is 11.8 Å². The van der Waals surface area contributed by atoms with Crippen LogP contribution in [0.1, 0.15) is 28.0 Å². The topological polar surface area (TPSA) is 66.9 Å². The van der Waals surface area contributed by atoms with Crippen molar-refractivity contribution in [2.45, 2.75) is 19.8 Å². The molecule has 0 radical (unpaired) electrons. The van der Waals surface area contributed by atoms with Crippen molar-refractivity contribution >= 4 is 29.0 Å². The van der Waals surface area contributed by atoms with Crippen molar-refractivity contribution in [1.29, 1.82) is 0 Å². The number of nitrogens with one attached hydrogen (secondary N) is 2.